The highest BCUT2D eigenvalue weighted by atomic mass is 35.5. The van der Waals surface area contributed by atoms with Gasteiger partial charge in [0.1, 0.15) is 10.7 Å². The fourth-order valence-corrected chi connectivity index (χ4v) is 4.65. The third kappa shape index (κ3) is 4.98. The van der Waals surface area contributed by atoms with Crippen molar-refractivity contribution in [3.05, 3.63) is 63.0 Å². The van der Waals surface area contributed by atoms with Crippen LogP contribution in [0.25, 0.3) is 0 Å². The van der Waals surface area contributed by atoms with E-state index in [0.717, 1.165) is 34.1 Å². The van der Waals surface area contributed by atoms with Gasteiger partial charge in [0, 0.05) is 22.9 Å². The van der Waals surface area contributed by atoms with Gasteiger partial charge in [-0.2, -0.15) is 0 Å². The van der Waals surface area contributed by atoms with Crippen molar-refractivity contribution in [3.8, 4) is 0 Å². The minimum Gasteiger partial charge on any atom is -0.396 e. The molecule has 9 heteroatoms. The number of anilines is 3. The van der Waals surface area contributed by atoms with Crippen molar-refractivity contribution < 1.29 is 9.90 Å². The van der Waals surface area contributed by atoms with Crippen LogP contribution in [0, 0.1) is 0 Å². The van der Waals surface area contributed by atoms with Crippen molar-refractivity contribution >= 4 is 68.7 Å². The molecule has 0 fully saturated rings. The van der Waals surface area contributed by atoms with E-state index < -0.39 is 0 Å². The van der Waals surface area contributed by atoms with Gasteiger partial charge in [-0.25, -0.2) is 4.98 Å². The lowest BCUT2D eigenvalue weighted by molar-refractivity contribution is 0.104. The Hall–Kier alpha value is -1.77. The maximum absolute atomic E-state index is 12.8. The fraction of sp³-hybridized carbons (Fsp3) is 0.158. The summed E-state index contributed by atoms with van der Waals surface area (Å²) in [6.07, 6.45) is 0.759. The Morgan fingerprint density at radius 2 is 1.86 bits per heavy atom. The van der Waals surface area contributed by atoms with Crippen LogP contribution in [0.4, 0.5) is 16.6 Å². The molecule has 5 nitrogen and oxygen atoms in total. The van der Waals surface area contributed by atoms with E-state index in [1.54, 1.807) is 30.0 Å². The molecule has 28 heavy (non-hydrogen) atoms. The van der Waals surface area contributed by atoms with Gasteiger partial charge in [-0.05, 0) is 42.8 Å². The highest BCUT2D eigenvalue weighted by Gasteiger charge is 2.22. The number of rotatable bonds is 8. The zero-order valence-electron chi connectivity index (χ0n) is 14.6. The average Bonchev–Trinajstić information content (AvgIpc) is 3.03. The first-order chi connectivity index (χ1) is 13.5. The molecule has 0 unspecified atom stereocenters. The van der Waals surface area contributed by atoms with Crippen LogP contribution >= 0.6 is 46.3 Å². The predicted molar refractivity (Wildman–Crippen MR) is 119 cm³/mol. The molecule has 2 aromatic carbocycles. The number of thiazole rings is 1. The van der Waals surface area contributed by atoms with Gasteiger partial charge in [0.2, 0.25) is 5.78 Å². The summed E-state index contributed by atoms with van der Waals surface area (Å²) < 4.78 is 0. The van der Waals surface area contributed by atoms with Crippen LogP contribution in [0.1, 0.15) is 21.7 Å². The number of aromatic nitrogens is 1. The molecular weight excluding hydrogens is 437 g/mol. The highest BCUT2D eigenvalue weighted by Crippen LogP contribution is 2.34. The van der Waals surface area contributed by atoms with Crippen LogP contribution in [0.2, 0.25) is 10.0 Å². The molecular formula is C19H17Cl2N3O2S2. The first kappa shape index (κ1) is 21.0. The molecule has 1 aromatic heterocycles. The molecule has 0 radical (unpaired) electrons. The van der Waals surface area contributed by atoms with E-state index >= 15 is 0 Å². The van der Waals surface area contributed by atoms with E-state index in [0.29, 0.717) is 5.13 Å². The smallest absolute Gasteiger partial charge is 0.209 e. The summed E-state index contributed by atoms with van der Waals surface area (Å²) in [4.78, 5) is 18.5. The lowest BCUT2D eigenvalue weighted by atomic mass is 10.1. The minimum atomic E-state index is -0.353. The molecule has 0 aliphatic rings. The van der Waals surface area contributed by atoms with E-state index in [2.05, 4.69) is 10.3 Å². The zero-order valence-corrected chi connectivity index (χ0v) is 17.8. The Morgan fingerprint density at radius 1 is 1.18 bits per heavy atom. The third-order valence-electron chi connectivity index (χ3n) is 3.73. The van der Waals surface area contributed by atoms with Gasteiger partial charge in [0.05, 0.1) is 15.6 Å². The maximum Gasteiger partial charge on any atom is 0.209 e. The van der Waals surface area contributed by atoms with Crippen LogP contribution in [-0.2, 0) is 0 Å². The normalized spacial score (nSPS) is 10.8. The van der Waals surface area contributed by atoms with E-state index in [9.17, 15) is 4.79 Å². The number of hydrogen-bond acceptors (Lipinski definition) is 7. The Bertz CT molecular complexity index is 958. The number of thioether (sulfide) groups is 1. The van der Waals surface area contributed by atoms with Crippen molar-refractivity contribution in [3.63, 3.8) is 0 Å². The standard InChI is InChI=1S/C19H17Cl2N3O2S2/c20-13-3-1-4-14(21)15(13)16(26)17-18(22)24-19(28-17)23-11-5-7-12(8-6-11)27-10-2-9-25/h1,3-8,25H,2,9-10,22H2,(H,23,24). The summed E-state index contributed by atoms with van der Waals surface area (Å²) in [6.45, 7) is 0.193. The summed E-state index contributed by atoms with van der Waals surface area (Å²) in [5, 5.41) is 13.0. The number of nitrogens with zero attached hydrogens (tertiary/aromatic N) is 1. The Balaban J connectivity index is 1.74. The average molecular weight is 454 g/mol. The number of hydrogen-bond donors (Lipinski definition) is 3. The van der Waals surface area contributed by atoms with Crippen molar-refractivity contribution in [1.29, 1.82) is 0 Å². The van der Waals surface area contributed by atoms with Crippen LogP contribution in [0.15, 0.2) is 47.4 Å². The minimum absolute atomic E-state index is 0.129. The number of nitrogens with one attached hydrogen (secondary N) is 1. The molecule has 4 N–H and O–H groups in total. The molecule has 0 saturated carbocycles. The summed E-state index contributed by atoms with van der Waals surface area (Å²) >= 11 is 15.1. The van der Waals surface area contributed by atoms with Crippen LogP contribution in [0.5, 0.6) is 0 Å². The molecule has 1 heterocycles. The van der Waals surface area contributed by atoms with Crippen molar-refractivity contribution in [2.24, 2.45) is 0 Å². The molecule has 0 amide bonds. The SMILES string of the molecule is Nc1nc(Nc2ccc(SCCCO)cc2)sc1C(=O)c1c(Cl)cccc1Cl. The van der Waals surface area contributed by atoms with E-state index in [-0.39, 0.29) is 38.7 Å². The van der Waals surface area contributed by atoms with Gasteiger partial charge < -0.3 is 16.2 Å². The predicted octanol–water partition coefficient (Wildman–Crippen LogP) is 5.48. The van der Waals surface area contributed by atoms with Crippen molar-refractivity contribution in [2.45, 2.75) is 11.3 Å². The van der Waals surface area contributed by atoms with Gasteiger partial charge in [-0.3, -0.25) is 4.79 Å². The van der Waals surface area contributed by atoms with Crippen LogP contribution in [0.3, 0.4) is 0 Å². The lowest BCUT2D eigenvalue weighted by Gasteiger charge is -2.05. The van der Waals surface area contributed by atoms with Gasteiger partial charge in [0.25, 0.3) is 0 Å². The van der Waals surface area contributed by atoms with Gasteiger partial charge in [-0.1, -0.05) is 40.6 Å². The number of carbonyl (C=O) groups excluding carboxylic acids is 1. The number of aliphatic hydroxyl groups is 1. The summed E-state index contributed by atoms with van der Waals surface area (Å²) in [5.41, 5.74) is 7.00. The molecule has 0 aliphatic heterocycles. The summed E-state index contributed by atoms with van der Waals surface area (Å²) in [7, 11) is 0. The third-order valence-corrected chi connectivity index (χ3v) is 6.44. The van der Waals surface area contributed by atoms with Crippen molar-refractivity contribution in [2.75, 3.05) is 23.4 Å². The highest BCUT2D eigenvalue weighted by molar-refractivity contribution is 7.99. The van der Waals surface area contributed by atoms with E-state index in [1.807, 2.05) is 24.3 Å². The number of benzene rings is 2. The zero-order chi connectivity index (χ0) is 20.1. The monoisotopic (exact) mass is 453 g/mol. The van der Waals surface area contributed by atoms with Gasteiger partial charge in [0.15, 0.2) is 5.13 Å². The quantitative estimate of drug-likeness (QED) is 0.237. The van der Waals surface area contributed by atoms with Crippen LogP contribution in [-0.4, -0.2) is 28.2 Å². The number of nitrogen functional groups attached to an aromatic ring is 1. The largest absolute Gasteiger partial charge is 0.396 e. The number of ketones is 1. The van der Waals surface area contributed by atoms with Crippen molar-refractivity contribution in [1.82, 2.24) is 4.98 Å². The molecule has 0 bridgehead atoms. The topological polar surface area (TPSA) is 88.2 Å². The maximum atomic E-state index is 12.8. The molecule has 0 aliphatic carbocycles. The summed E-state index contributed by atoms with van der Waals surface area (Å²) in [5.74, 6) is 0.640. The van der Waals surface area contributed by atoms with E-state index in [1.165, 1.54) is 0 Å². The van der Waals surface area contributed by atoms with Crippen LogP contribution < -0.4 is 11.1 Å². The molecule has 3 rings (SSSR count). The fourth-order valence-electron chi connectivity index (χ4n) is 2.39. The first-order valence-corrected chi connectivity index (χ1v) is 10.9. The molecule has 3 aromatic rings. The van der Waals surface area contributed by atoms with E-state index in [4.69, 9.17) is 34.0 Å². The lowest BCUT2D eigenvalue weighted by Crippen LogP contribution is -2.04. The number of nitrogens with two attached hydrogens (primary N) is 1. The molecule has 0 spiro atoms. The Kier molecular flexibility index (Phi) is 7.20. The molecule has 146 valence electrons. The second kappa shape index (κ2) is 9.62. The van der Waals surface area contributed by atoms with Gasteiger partial charge in [-0.15, -0.1) is 11.8 Å². The number of carbonyl (C=O) groups is 1. The molecule has 0 atom stereocenters. The second-order valence-electron chi connectivity index (χ2n) is 5.73. The number of aliphatic hydroxyl groups excluding tert-OH is 1. The Morgan fingerprint density at radius 3 is 2.50 bits per heavy atom. The summed E-state index contributed by atoms with van der Waals surface area (Å²) in [6, 6.07) is 12.7. The molecule has 0 saturated heterocycles. The Labute approximate surface area is 180 Å². The van der Waals surface area contributed by atoms with Gasteiger partial charge >= 0.3 is 0 Å². The second-order valence-corrected chi connectivity index (χ2v) is 8.72. The first-order valence-electron chi connectivity index (χ1n) is 8.35. The number of halogens is 2.